The zero-order chi connectivity index (χ0) is 8.72. The Hall–Kier alpha value is -0.100. The summed E-state index contributed by atoms with van der Waals surface area (Å²) < 4.78 is 2.24. The first-order valence-electron chi connectivity index (χ1n) is 3.48. The zero-order valence-electron chi connectivity index (χ0n) is 6.36. The van der Waals surface area contributed by atoms with Crippen molar-refractivity contribution in [1.82, 2.24) is 9.97 Å². The molecule has 0 atom stereocenters. The molecule has 1 N–H and O–H groups in total. The fourth-order valence-corrected chi connectivity index (χ4v) is 2.45. The van der Waals surface area contributed by atoms with Crippen LogP contribution in [0.3, 0.4) is 0 Å². The highest BCUT2D eigenvalue weighted by Crippen LogP contribution is 2.27. The van der Waals surface area contributed by atoms with Gasteiger partial charge in [0.05, 0.1) is 9.99 Å². The standard InChI is InChI=1S/C8H6BrIN2/c1-4-7-6(10)3-12-8(7)5(9)2-11-4/h2-3,12H,1H3. The highest BCUT2D eigenvalue weighted by Gasteiger charge is 2.07. The average Bonchev–Trinajstić information content (AvgIpc) is 2.42. The van der Waals surface area contributed by atoms with Gasteiger partial charge in [0.25, 0.3) is 0 Å². The Morgan fingerprint density at radius 3 is 3.00 bits per heavy atom. The second-order valence-corrected chi connectivity index (χ2v) is 4.59. The Bertz CT molecular complexity index is 436. The van der Waals surface area contributed by atoms with Crippen molar-refractivity contribution in [2.75, 3.05) is 0 Å². The molecule has 4 heteroatoms. The van der Waals surface area contributed by atoms with Crippen LogP contribution in [0.1, 0.15) is 5.69 Å². The predicted molar refractivity (Wildman–Crippen MR) is 61.2 cm³/mol. The van der Waals surface area contributed by atoms with E-state index in [-0.39, 0.29) is 0 Å². The molecule has 0 spiro atoms. The van der Waals surface area contributed by atoms with Gasteiger partial charge in [-0.1, -0.05) is 0 Å². The van der Waals surface area contributed by atoms with Gasteiger partial charge in [0.1, 0.15) is 0 Å². The Kier molecular flexibility index (Phi) is 2.12. The molecule has 2 nitrogen and oxygen atoms in total. The van der Waals surface area contributed by atoms with Crippen LogP contribution in [0.2, 0.25) is 0 Å². The lowest BCUT2D eigenvalue weighted by Crippen LogP contribution is -1.83. The van der Waals surface area contributed by atoms with Crippen LogP contribution in [-0.2, 0) is 0 Å². The average molecular weight is 337 g/mol. The van der Waals surface area contributed by atoms with Gasteiger partial charge in [-0.05, 0) is 45.4 Å². The van der Waals surface area contributed by atoms with Gasteiger partial charge in [-0.15, -0.1) is 0 Å². The smallest absolute Gasteiger partial charge is 0.0643 e. The van der Waals surface area contributed by atoms with Crippen LogP contribution >= 0.6 is 38.5 Å². The quantitative estimate of drug-likeness (QED) is 0.735. The van der Waals surface area contributed by atoms with E-state index in [0.29, 0.717) is 0 Å². The summed E-state index contributed by atoms with van der Waals surface area (Å²) in [6, 6.07) is 0. The minimum absolute atomic E-state index is 1.02. The van der Waals surface area contributed by atoms with Crippen molar-refractivity contribution in [3.05, 3.63) is 26.1 Å². The summed E-state index contributed by atoms with van der Waals surface area (Å²) in [5, 5.41) is 1.21. The highest BCUT2D eigenvalue weighted by atomic mass is 127. The second-order valence-electron chi connectivity index (χ2n) is 2.58. The lowest BCUT2D eigenvalue weighted by atomic mass is 10.2. The van der Waals surface area contributed by atoms with Crippen LogP contribution in [0, 0.1) is 10.5 Å². The van der Waals surface area contributed by atoms with E-state index in [2.05, 4.69) is 48.5 Å². The number of nitrogens with zero attached hydrogens (tertiary/aromatic N) is 1. The van der Waals surface area contributed by atoms with Crippen molar-refractivity contribution in [2.24, 2.45) is 0 Å². The molecule has 62 valence electrons. The summed E-state index contributed by atoms with van der Waals surface area (Å²) in [6.45, 7) is 2.02. The van der Waals surface area contributed by atoms with E-state index in [1.54, 1.807) is 0 Å². The third-order valence-electron chi connectivity index (χ3n) is 1.80. The Balaban J connectivity index is 2.98. The first-order chi connectivity index (χ1) is 5.70. The van der Waals surface area contributed by atoms with E-state index in [4.69, 9.17) is 0 Å². The molecule has 0 saturated heterocycles. The monoisotopic (exact) mass is 336 g/mol. The van der Waals surface area contributed by atoms with Crippen molar-refractivity contribution in [2.45, 2.75) is 6.92 Å². The van der Waals surface area contributed by atoms with E-state index < -0.39 is 0 Å². The van der Waals surface area contributed by atoms with Crippen molar-refractivity contribution in [3.63, 3.8) is 0 Å². The predicted octanol–water partition coefficient (Wildman–Crippen LogP) is 3.24. The molecule has 0 unspecified atom stereocenters. The van der Waals surface area contributed by atoms with Crippen molar-refractivity contribution in [3.8, 4) is 0 Å². The molecule has 12 heavy (non-hydrogen) atoms. The Morgan fingerprint density at radius 1 is 1.58 bits per heavy atom. The molecule has 0 radical (unpaired) electrons. The van der Waals surface area contributed by atoms with Crippen LogP contribution < -0.4 is 0 Å². The van der Waals surface area contributed by atoms with E-state index in [1.165, 1.54) is 8.96 Å². The molecule has 0 aliphatic rings. The molecule has 0 saturated carbocycles. The summed E-state index contributed by atoms with van der Waals surface area (Å²) in [5.41, 5.74) is 2.20. The SMILES string of the molecule is Cc1ncc(Br)c2[nH]cc(I)c12. The number of aryl methyl sites for hydroxylation is 1. The van der Waals surface area contributed by atoms with E-state index in [1.807, 2.05) is 19.3 Å². The first kappa shape index (κ1) is 8.50. The van der Waals surface area contributed by atoms with Gasteiger partial charge in [0.2, 0.25) is 0 Å². The number of H-pyrrole nitrogens is 1. The topological polar surface area (TPSA) is 28.7 Å². The lowest BCUT2D eigenvalue weighted by Gasteiger charge is -1.97. The maximum atomic E-state index is 4.27. The summed E-state index contributed by atoms with van der Waals surface area (Å²) >= 11 is 5.75. The van der Waals surface area contributed by atoms with Crippen molar-refractivity contribution in [1.29, 1.82) is 0 Å². The van der Waals surface area contributed by atoms with Crippen LogP contribution in [0.5, 0.6) is 0 Å². The fraction of sp³-hybridized carbons (Fsp3) is 0.125. The Morgan fingerprint density at radius 2 is 2.33 bits per heavy atom. The molecule has 2 rings (SSSR count). The van der Waals surface area contributed by atoms with Crippen LogP contribution in [0.15, 0.2) is 16.9 Å². The number of pyridine rings is 1. The molecule has 2 aromatic heterocycles. The van der Waals surface area contributed by atoms with Gasteiger partial charge >= 0.3 is 0 Å². The number of fused-ring (bicyclic) bond motifs is 1. The first-order valence-corrected chi connectivity index (χ1v) is 5.35. The second kappa shape index (κ2) is 2.99. The maximum absolute atomic E-state index is 4.27. The Labute approximate surface area is 92.0 Å². The minimum Gasteiger partial charge on any atom is -0.359 e. The van der Waals surface area contributed by atoms with E-state index in [0.717, 1.165) is 15.7 Å². The largest absolute Gasteiger partial charge is 0.359 e. The molecule has 0 fully saturated rings. The van der Waals surface area contributed by atoms with Crippen molar-refractivity contribution < 1.29 is 0 Å². The molecule has 0 aliphatic heterocycles. The number of aromatic nitrogens is 2. The van der Waals surface area contributed by atoms with Gasteiger partial charge in [0, 0.05) is 27.0 Å². The van der Waals surface area contributed by atoms with E-state index in [9.17, 15) is 0 Å². The summed E-state index contributed by atoms with van der Waals surface area (Å²) in [6.07, 6.45) is 3.81. The minimum atomic E-state index is 1.02. The number of hydrogen-bond donors (Lipinski definition) is 1. The molecule has 2 aromatic rings. The number of aromatic amines is 1. The normalized spacial score (nSPS) is 10.9. The summed E-state index contributed by atoms with van der Waals surface area (Å²) in [7, 11) is 0. The van der Waals surface area contributed by atoms with Crippen molar-refractivity contribution >= 4 is 49.4 Å². The fourth-order valence-electron chi connectivity index (χ4n) is 1.22. The van der Waals surface area contributed by atoms with Crippen LogP contribution in [-0.4, -0.2) is 9.97 Å². The van der Waals surface area contributed by atoms with E-state index >= 15 is 0 Å². The highest BCUT2D eigenvalue weighted by molar-refractivity contribution is 14.1. The zero-order valence-corrected chi connectivity index (χ0v) is 10.1. The van der Waals surface area contributed by atoms with Gasteiger partial charge in [-0.25, -0.2) is 0 Å². The third-order valence-corrected chi connectivity index (χ3v) is 3.26. The summed E-state index contributed by atoms with van der Waals surface area (Å²) in [4.78, 5) is 7.47. The maximum Gasteiger partial charge on any atom is 0.0643 e. The lowest BCUT2D eigenvalue weighted by molar-refractivity contribution is 1.22. The van der Waals surface area contributed by atoms with Gasteiger partial charge in [-0.3, -0.25) is 4.98 Å². The molecule has 2 heterocycles. The molecule has 0 aliphatic carbocycles. The van der Waals surface area contributed by atoms with Gasteiger partial charge in [0.15, 0.2) is 0 Å². The van der Waals surface area contributed by atoms with Crippen LogP contribution in [0.4, 0.5) is 0 Å². The molecule has 0 amide bonds. The molecule has 0 aromatic carbocycles. The molecular weight excluding hydrogens is 331 g/mol. The summed E-state index contributed by atoms with van der Waals surface area (Å²) in [5.74, 6) is 0. The number of hydrogen-bond acceptors (Lipinski definition) is 1. The van der Waals surface area contributed by atoms with Crippen LogP contribution in [0.25, 0.3) is 10.9 Å². The van der Waals surface area contributed by atoms with Gasteiger partial charge < -0.3 is 4.98 Å². The molecular formula is C8H6BrIN2. The van der Waals surface area contributed by atoms with Gasteiger partial charge in [-0.2, -0.15) is 0 Å². The molecule has 0 bridgehead atoms. The number of nitrogens with one attached hydrogen (secondary N) is 1. The number of halogens is 2. The number of rotatable bonds is 0. The third kappa shape index (κ3) is 1.17.